The standard InChI is InChI=1S/C18H19F2N3O2/c19-15-9-13(10-16(20)17(15)24)18(25)22-11-12-3-7-23(8-4-12)14-1-5-21-6-2-14/h1-2,5-6,9-10,12,24H,3-4,7-8,11H2,(H,22,25). The van der Waals surface area contributed by atoms with Crippen molar-refractivity contribution in [1.82, 2.24) is 10.3 Å². The first-order chi connectivity index (χ1) is 12.0. The Balaban J connectivity index is 1.51. The number of carbonyl (C=O) groups excluding carboxylic acids is 1. The summed E-state index contributed by atoms with van der Waals surface area (Å²) in [5.74, 6) is -3.59. The number of anilines is 1. The van der Waals surface area contributed by atoms with Crippen molar-refractivity contribution in [2.24, 2.45) is 5.92 Å². The Bertz CT molecular complexity index is 724. The van der Waals surface area contributed by atoms with E-state index < -0.39 is 23.3 Å². The zero-order chi connectivity index (χ0) is 17.8. The number of hydrogen-bond donors (Lipinski definition) is 2. The number of pyridine rings is 1. The number of carbonyl (C=O) groups is 1. The number of amides is 1. The van der Waals surface area contributed by atoms with Gasteiger partial charge in [-0.25, -0.2) is 8.78 Å². The molecule has 0 saturated carbocycles. The van der Waals surface area contributed by atoms with Gasteiger partial charge in [-0.15, -0.1) is 0 Å². The fourth-order valence-corrected chi connectivity index (χ4v) is 2.99. The highest BCUT2D eigenvalue weighted by Gasteiger charge is 2.21. The molecule has 0 bridgehead atoms. The molecule has 0 radical (unpaired) electrons. The first-order valence-corrected chi connectivity index (χ1v) is 8.16. The summed E-state index contributed by atoms with van der Waals surface area (Å²) in [7, 11) is 0. The van der Waals surface area contributed by atoms with Gasteiger partial charge in [-0.2, -0.15) is 0 Å². The molecule has 1 aromatic heterocycles. The van der Waals surface area contributed by atoms with Crippen molar-refractivity contribution in [2.45, 2.75) is 12.8 Å². The SMILES string of the molecule is O=C(NCC1CCN(c2ccncc2)CC1)c1cc(F)c(O)c(F)c1. The minimum Gasteiger partial charge on any atom is -0.503 e. The van der Waals surface area contributed by atoms with Gasteiger partial charge in [0.2, 0.25) is 0 Å². The van der Waals surface area contributed by atoms with Crippen LogP contribution in [0.25, 0.3) is 0 Å². The zero-order valence-corrected chi connectivity index (χ0v) is 13.6. The number of phenolic OH excluding ortho intramolecular Hbond substituents is 1. The molecule has 0 unspecified atom stereocenters. The molecule has 1 amide bonds. The van der Waals surface area contributed by atoms with E-state index in [0.717, 1.165) is 43.8 Å². The number of piperidine rings is 1. The highest BCUT2D eigenvalue weighted by molar-refractivity contribution is 5.94. The van der Waals surface area contributed by atoms with Gasteiger partial charge < -0.3 is 15.3 Å². The first kappa shape index (κ1) is 17.1. The Kier molecular flexibility index (Phi) is 5.11. The quantitative estimate of drug-likeness (QED) is 0.893. The molecule has 1 aliphatic heterocycles. The number of hydrogen-bond acceptors (Lipinski definition) is 4. The Morgan fingerprint density at radius 2 is 1.80 bits per heavy atom. The molecule has 1 aromatic carbocycles. The smallest absolute Gasteiger partial charge is 0.251 e. The van der Waals surface area contributed by atoms with E-state index in [-0.39, 0.29) is 5.56 Å². The molecule has 1 fully saturated rings. The molecule has 5 nitrogen and oxygen atoms in total. The van der Waals surface area contributed by atoms with Gasteiger partial charge >= 0.3 is 0 Å². The monoisotopic (exact) mass is 347 g/mol. The summed E-state index contributed by atoms with van der Waals surface area (Å²) in [5, 5.41) is 11.8. The van der Waals surface area contributed by atoms with Crippen LogP contribution in [0.15, 0.2) is 36.7 Å². The minimum atomic E-state index is -1.14. The van der Waals surface area contributed by atoms with E-state index >= 15 is 0 Å². The lowest BCUT2D eigenvalue weighted by Crippen LogP contribution is -2.38. The van der Waals surface area contributed by atoms with Gasteiger partial charge in [0, 0.05) is 43.3 Å². The van der Waals surface area contributed by atoms with Crippen LogP contribution in [-0.4, -0.2) is 35.6 Å². The lowest BCUT2D eigenvalue weighted by atomic mass is 9.96. The number of halogens is 2. The van der Waals surface area contributed by atoms with Crippen molar-refractivity contribution < 1.29 is 18.7 Å². The van der Waals surface area contributed by atoms with Gasteiger partial charge in [-0.1, -0.05) is 0 Å². The molecule has 3 rings (SSSR count). The molecule has 1 saturated heterocycles. The number of nitrogens with one attached hydrogen (secondary N) is 1. The van der Waals surface area contributed by atoms with Crippen molar-refractivity contribution in [2.75, 3.05) is 24.5 Å². The van der Waals surface area contributed by atoms with E-state index in [0.29, 0.717) is 12.5 Å². The van der Waals surface area contributed by atoms with E-state index in [1.165, 1.54) is 0 Å². The van der Waals surface area contributed by atoms with E-state index in [1.54, 1.807) is 12.4 Å². The zero-order valence-electron chi connectivity index (χ0n) is 13.6. The van der Waals surface area contributed by atoms with Crippen LogP contribution < -0.4 is 10.2 Å². The Labute approximate surface area is 144 Å². The summed E-state index contributed by atoms with van der Waals surface area (Å²) in [6.45, 7) is 2.22. The molecule has 0 spiro atoms. The van der Waals surface area contributed by atoms with Crippen LogP contribution in [-0.2, 0) is 0 Å². The minimum absolute atomic E-state index is 0.137. The van der Waals surface area contributed by atoms with Crippen LogP contribution in [0.1, 0.15) is 23.2 Å². The average Bonchev–Trinajstić information content (AvgIpc) is 2.65. The summed E-state index contributed by atoms with van der Waals surface area (Å²) in [5.41, 5.74) is 0.995. The maximum atomic E-state index is 13.3. The molecule has 25 heavy (non-hydrogen) atoms. The molecule has 2 aromatic rings. The summed E-state index contributed by atoms with van der Waals surface area (Å²) < 4.78 is 26.6. The van der Waals surface area contributed by atoms with Crippen LogP contribution in [0, 0.1) is 17.6 Å². The highest BCUT2D eigenvalue weighted by atomic mass is 19.1. The number of rotatable bonds is 4. The molecule has 2 heterocycles. The average molecular weight is 347 g/mol. The second-order valence-corrected chi connectivity index (χ2v) is 6.13. The van der Waals surface area contributed by atoms with Crippen molar-refractivity contribution in [3.05, 3.63) is 53.9 Å². The molecule has 7 heteroatoms. The van der Waals surface area contributed by atoms with Gasteiger partial charge in [0.1, 0.15) is 0 Å². The first-order valence-electron chi connectivity index (χ1n) is 8.16. The Morgan fingerprint density at radius 1 is 1.20 bits per heavy atom. The molecule has 0 atom stereocenters. The van der Waals surface area contributed by atoms with E-state index in [1.807, 2.05) is 12.1 Å². The highest BCUT2D eigenvalue weighted by Crippen LogP contribution is 2.23. The van der Waals surface area contributed by atoms with Crippen LogP contribution in [0.5, 0.6) is 5.75 Å². The maximum Gasteiger partial charge on any atom is 0.251 e. The Hall–Kier alpha value is -2.70. The lowest BCUT2D eigenvalue weighted by Gasteiger charge is -2.33. The van der Waals surface area contributed by atoms with Crippen LogP contribution in [0.4, 0.5) is 14.5 Å². The maximum absolute atomic E-state index is 13.3. The van der Waals surface area contributed by atoms with E-state index in [4.69, 9.17) is 5.11 Å². The molecule has 0 aliphatic carbocycles. The third-order valence-electron chi connectivity index (χ3n) is 4.47. The van der Waals surface area contributed by atoms with Crippen LogP contribution in [0.3, 0.4) is 0 Å². The third kappa shape index (κ3) is 4.04. The van der Waals surface area contributed by atoms with Gasteiger partial charge in [0.15, 0.2) is 17.4 Å². The topological polar surface area (TPSA) is 65.5 Å². The second kappa shape index (κ2) is 7.46. The molecule has 1 aliphatic rings. The number of aromatic nitrogens is 1. The van der Waals surface area contributed by atoms with Crippen molar-refractivity contribution in [3.63, 3.8) is 0 Å². The fraction of sp³-hybridized carbons (Fsp3) is 0.333. The van der Waals surface area contributed by atoms with Gasteiger partial charge in [-0.05, 0) is 43.0 Å². The molecule has 2 N–H and O–H groups in total. The fourth-order valence-electron chi connectivity index (χ4n) is 2.99. The number of nitrogens with zero attached hydrogens (tertiary/aromatic N) is 2. The largest absolute Gasteiger partial charge is 0.503 e. The number of benzene rings is 1. The van der Waals surface area contributed by atoms with E-state index in [2.05, 4.69) is 15.2 Å². The number of phenols is 1. The molecular formula is C18H19F2N3O2. The van der Waals surface area contributed by atoms with Crippen molar-refractivity contribution in [1.29, 1.82) is 0 Å². The number of aromatic hydroxyl groups is 1. The van der Waals surface area contributed by atoms with E-state index in [9.17, 15) is 13.6 Å². The predicted octanol–water partition coefficient (Wildman–Crippen LogP) is 2.71. The van der Waals surface area contributed by atoms with Crippen molar-refractivity contribution in [3.8, 4) is 5.75 Å². The Morgan fingerprint density at radius 3 is 2.40 bits per heavy atom. The normalized spacial score (nSPS) is 15.2. The summed E-state index contributed by atoms with van der Waals surface area (Å²) in [4.78, 5) is 18.3. The second-order valence-electron chi connectivity index (χ2n) is 6.13. The molecule has 132 valence electrons. The van der Waals surface area contributed by atoms with Crippen LogP contribution in [0.2, 0.25) is 0 Å². The summed E-state index contributed by atoms with van der Waals surface area (Å²) in [6, 6.07) is 5.60. The van der Waals surface area contributed by atoms with Crippen molar-refractivity contribution >= 4 is 11.6 Å². The lowest BCUT2D eigenvalue weighted by molar-refractivity contribution is 0.0944. The molecular weight excluding hydrogens is 328 g/mol. The van der Waals surface area contributed by atoms with Crippen LogP contribution >= 0.6 is 0 Å². The summed E-state index contributed by atoms with van der Waals surface area (Å²) in [6.07, 6.45) is 5.36. The third-order valence-corrected chi connectivity index (χ3v) is 4.47. The van der Waals surface area contributed by atoms with Gasteiger partial charge in [0.25, 0.3) is 5.91 Å². The predicted molar refractivity (Wildman–Crippen MR) is 89.5 cm³/mol. The summed E-state index contributed by atoms with van der Waals surface area (Å²) >= 11 is 0. The van der Waals surface area contributed by atoms with Gasteiger partial charge in [0.05, 0.1) is 0 Å². The van der Waals surface area contributed by atoms with Gasteiger partial charge in [-0.3, -0.25) is 9.78 Å².